The van der Waals surface area contributed by atoms with Crippen LogP contribution < -0.4 is 0 Å². The van der Waals surface area contributed by atoms with E-state index in [2.05, 4.69) is 4.98 Å². The number of carbonyl (C=O) groups is 1. The van der Waals surface area contributed by atoms with E-state index in [0.717, 1.165) is 16.9 Å². The second kappa shape index (κ2) is 4.20. The molecule has 0 unspecified atom stereocenters. The number of hydrogen-bond donors (Lipinski definition) is 1. The number of carboxylic acid groups (broad SMARTS) is 1. The van der Waals surface area contributed by atoms with E-state index < -0.39 is 12.0 Å². The van der Waals surface area contributed by atoms with E-state index in [9.17, 15) is 9.90 Å². The van der Waals surface area contributed by atoms with E-state index in [1.807, 2.05) is 49.6 Å². The Labute approximate surface area is 99.9 Å². The Kier molecular flexibility index (Phi) is 2.88. The smallest absolute Gasteiger partial charge is 0.327 e. The number of imidazole rings is 1. The highest BCUT2D eigenvalue weighted by molar-refractivity contribution is 5.80. The second-order valence-electron chi connectivity index (χ2n) is 4.54. The van der Waals surface area contributed by atoms with Crippen LogP contribution in [0.25, 0.3) is 11.0 Å². The van der Waals surface area contributed by atoms with Gasteiger partial charge in [0.05, 0.1) is 11.0 Å². The van der Waals surface area contributed by atoms with Gasteiger partial charge in [-0.1, -0.05) is 26.0 Å². The monoisotopic (exact) mass is 232 g/mol. The van der Waals surface area contributed by atoms with Gasteiger partial charge in [0.15, 0.2) is 0 Å². The molecule has 0 fully saturated rings. The fourth-order valence-electron chi connectivity index (χ4n) is 2.21. The van der Waals surface area contributed by atoms with Crippen LogP contribution in [0.1, 0.15) is 25.7 Å². The van der Waals surface area contributed by atoms with Crippen LogP contribution in [0.3, 0.4) is 0 Å². The molecule has 0 aliphatic carbocycles. The van der Waals surface area contributed by atoms with Crippen LogP contribution in [0.5, 0.6) is 0 Å². The zero-order valence-electron chi connectivity index (χ0n) is 10.2. The van der Waals surface area contributed by atoms with Crippen LogP contribution in [0, 0.1) is 12.8 Å². The summed E-state index contributed by atoms with van der Waals surface area (Å²) in [5, 5.41) is 9.35. The maximum Gasteiger partial charge on any atom is 0.327 e. The summed E-state index contributed by atoms with van der Waals surface area (Å²) in [7, 11) is 0. The molecular weight excluding hydrogens is 216 g/mol. The molecule has 0 bridgehead atoms. The number of aromatic nitrogens is 2. The lowest BCUT2D eigenvalue weighted by molar-refractivity contribution is -0.142. The van der Waals surface area contributed by atoms with Gasteiger partial charge in [0.2, 0.25) is 0 Å². The van der Waals surface area contributed by atoms with Crippen molar-refractivity contribution in [3.8, 4) is 0 Å². The van der Waals surface area contributed by atoms with E-state index in [1.165, 1.54) is 0 Å². The predicted octanol–water partition coefficient (Wildman–Crippen LogP) is 2.63. The zero-order chi connectivity index (χ0) is 12.6. The molecule has 90 valence electrons. The molecule has 0 aliphatic heterocycles. The Morgan fingerprint density at radius 2 is 2.00 bits per heavy atom. The molecule has 0 radical (unpaired) electrons. The number of hydrogen-bond acceptors (Lipinski definition) is 2. The average molecular weight is 232 g/mol. The Bertz CT molecular complexity index is 558. The molecule has 0 spiro atoms. The third-order valence-corrected chi connectivity index (χ3v) is 2.93. The molecule has 1 aromatic carbocycles. The van der Waals surface area contributed by atoms with Crippen molar-refractivity contribution in [2.45, 2.75) is 26.8 Å². The van der Waals surface area contributed by atoms with Gasteiger partial charge in [0.25, 0.3) is 0 Å². The van der Waals surface area contributed by atoms with E-state index in [1.54, 1.807) is 0 Å². The van der Waals surface area contributed by atoms with Gasteiger partial charge in [-0.25, -0.2) is 9.78 Å². The van der Waals surface area contributed by atoms with Crippen LogP contribution >= 0.6 is 0 Å². The number of aryl methyl sites for hydroxylation is 1. The quantitative estimate of drug-likeness (QED) is 0.885. The van der Waals surface area contributed by atoms with Crippen molar-refractivity contribution >= 4 is 17.0 Å². The van der Waals surface area contributed by atoms with Gasteiger partial charge >= 0.3 is 5.97 Å². The van der Waals surface area contributed by atoms with Crippen molar-refractivity contribution < 1.29 is 9.90 Å². The molecule has 1 aromatic heterocycles. The summed E-state index contributed by atoms with van der Waals surface area (Å²) in [6.07, 6.45) is 0. The summed E-state index contributed by atoms with van der Waals surface area (Å²) >= 11 is 0. The molecule has 1 N–H and O–H groups in total. The fourth-order valence-corrected chi connectivity index (χ4v) is 2.21. The highest BCUT2D eigenvalue weighted by Gasteiger charge is 2.26. The average Bonchev–Trinajstić information content (AvgIpc) is 2.55. The molecule has 0 aliphatic rings. The third-order valence-electron chi connectivity index (χ3n) is 2.93. The molecule has 4 heteroatoms. The number of para-hydroxylation sites is 2. The highest BCUT2D eigenvalue weighted by Crippen LogP contribution is 2.26. The minimum absolute atomic E-state index is 0.0174. The van der Waals surface area contributed by atoms with Gasteiger partial charge in [0, 0.05) is 0 Å². The summed E-state index contributed by atoms with van der Waals surface area (Å²) in [6, 6.07) is 7.05. The van der Waals surface area contributed by atoms with Crippen LogP contribution in [-0.4, -0.2) is 20.6 Å². The van der Waals surface area contributed by atoms with Crippen molar-refractivity contribution in [2.24, 2.45) is 5.92 Å². The second-order valence-corrected chi connectivity index (χ2v) is 4.54. The molecule has 1 heterocycles. The van der Waals surface area contributed by atoms with E-state index >= 15 is 0 Å². The van der Waals surface area contributed by atoms with Gasteiger partial charge in [0.1, 0.15) is 11.9 Å². The Morgan fingerprint density at radius 3 is 2.59 bits per heavy atom. The van der Waals surface area contributed by atoms with E-state index in [0.29, 0.717) is 0 Å². The lowest BCUT2D eigenvalue weighted by atomic mass is 10.0. The first-order valence-corrected chi connectivity index (χ1v) is 5.68. The van der Waals surface area contributed by atoms with Crippen molar-refractivity contribution in [3.63, 3.8) is 0 Å². The summed E-state index contributed by atoms with van der Waals surface area (Å²) in [5.41, 5.74) is 1.73. The summed E-state index contributed by atoms with van der Waals surface area (Å²) < 4.78 is 1.81. The van der Waals surface area contributed by atoms with E-state index in [-0.39, 0.29) is 5.92 Å². The van der Waals surface area contributed by atoms with Gasteiger partial charge in [-0.3, -0.25) is 0 Å². The van der Waals surface area contributed by atoms with Gasteiger partial charge in [-0.2, -0.15) is 0 Å². The summed E-state index contributed by atoms with van der Waals surface area (Å²) in [5.74, 6) is -0.0534. The third kappa shape index (κ3) is 1.90. The Morgan fingerprint density at radius 1 is 1.35 bits per heavy atom. The van der Waals surface area contributed by atoms with Crippen LogP contribution in [0.2, 0.25) is 0 Å². The predicted molar refractivity (Wildman–Crippen MR) is 66.0 cm³/mol. The minimum atomic E-state index is -0.814. The normalized spacial score (nSPS) is 13.2. The first-order chi connectivity index (χ1) is 8.02. The van der Waals surface area contributed by atoms with Gasteiger partial charge in [-0.15, -0.1) is 0 Å². The Balaban J connectivity index is 2.68. The van der Waals surface area contributed by atoms with Crippen LogP contribution in [0.4, 0.5) is 0 Å². The van der Waals surface area contributed by atoms with Crippen LogP contribution in [0.15, 0.2) is 24.3 Å². The standard InChI is InChI=1S/C13H16N2O2/c1-8(2)12(13(16)17)15-9(3)14-10-6-4-5-7-11(10)15/h4-8,12H,1-3H3,(H,16,17)/t12-/m1/s1. The van der Waals surface area contributed by atoms with Gasteiger partial charge in [-0.05, 0) is 25.0 Å². The molecular formula is C13H16N2O2. The molecule has 0 saturated heterocycles. The van der Waals surface area contributed by atoms with Crippen LogP contribution in [-0.2, 0) is 4.79 Å². The minimum Gasteiger partial charge on any atom is -0.480 e. The maximum absolute atomic E-state index is 11.4. The number of nitrogens with zero attached hydrogens (tertiary/aromatic N) is 2. The number of carboxylic acids is 1. The first kappa shape index (κ1) is 11.6. The molecule has 4 nitrogen and oxygen atoms in total. The summed E-state index contributed by atoms with van der Waals surface area (Å²) in [6.45, 7) is 5.66. The number of fused-ring (bicyclic) bond motifs is 1. The lowest BCUT2D eigenvalue weighted by Crippen LogP contribution is -2.25. The largest absolute Gasteiger partial charge is 0.480 e. The van der Waals surface area contributed by atoms with E-state index in [4.69, 9.17) is 0 Å². The SMILES string of the molecule is Cc1nc2ccccc2n1[C@@H](C(=O)O)C(C)C. The first-order valence-electron chi connectivity index (χ1n) is 5.68. The molecule has 1 atom stereocenters. The van der Waals surface area contributed by atoms with Crippen molar-refractivity contribution in [1.82, 2.24) is 9.55 Å². The topological polar surface area (TPSA) is 55.1 Å². The molecule has 0 saturated carbocycles. The molecule has 17 heavy (non-hydrogen) atoms. The maximum atomic E-state index is 11.4. The highest BCUT2D eigenvalue weighted by atomic mass is 16.4. The molecule has 0 amide bonds. The summed E-state index contributed by atoms with van der Waals surface area (Å²) in [4.78, 5) is 15.8. The number of aliphatic carboxylic acids is 1. The number of benzene rings is 1. The van der Waals surface area contributed by atoms with Crippen molar-refractivity contribution in [2.75, 3.05) is 0 Å². The fraction of sp³-hybridized carbons (Fsp3) is 0.385. The zero-order valence-corrected chi connectivity index (χ0v) is 10.2. The van der Waals surface area contributed by atoms with Crippen molar-refractivity contribution in [3.05, 3.63) is 30.1 Å². The van der Waals surface area contributed by atoms with Gasteiger partial charge < -0.3 is 9.67 Å². The van der Waals surface area contributed by atoms with Crippen molar-refractivity contribution in [1.29, 1.82) is 0 Å². The Hall–Kier alpha value is -1.84. The molecule has 2 rings (SSSR count). The number of rotatable bonds is 3. The molecule has 2 aromatic rings. The lowest BCUT2D eigenvalue weighted by Gasteiger charge is -2.20.